The summed E-state index contributed by atoms with van der Waals surface area (Å²) in [5.41, 5.74) is 11.8. The average molecular weight is 1180 g/mol. The fraction of sp³-hybridized carbons (Fsp3) is 0.370. The van der Waals surface area contributed by atoms with Gasteiger partial charge in [-0.15, -0.1) is 0 Å². The lowest BCUT2D eigenvalue weighted by atomic mass is 9.93. The van der Waals surface area contributed by atoms with E-state index >= 15 is 0 Å². The number of benzene rings is 3. The number of nitrogens with one attached hydrogen (secondary N) is 8. The number of rotatable bonds is 13. The van der Waals surface area contributed by atoms with Crippen LogP contribution in [0.3, 0.4) is 0 Å². The quantitative estimate of drug-likeness (QED) is 0.0733. The number of hydrogen-bond donors (Lipinski definition) is 8. The summed E-state index contributed by atoms with van der Waals surface area (Å²) in [7, 11) is -11.6. The highest BCUT2D eigenvalue weighted by Gasteiger charge is 2.38. The average Bonchev–Trinajstić information content (AvgIpc) is 4.41. The van der Waals surface area contributed by atoms with E-state index in [2.05, 4.69) is 72.0 Å². The molecular formula is C54H55FN14O10S3. The van der Waals surface area contributed by atoms with Crippen LogP contribution in [0, 0.1) is 5.95 Å². The first kappa shape index (κ1) is 54.4. The molecule has 0 spiro atoms. The fourth-order valence-electron chi connectivity index (χ4n) is 12.9. The molecule has 28 heteroatoms. The highest BCUT2D eigenvalue weighted by Crippen LogP contribution is 2.48. The van der Waals surface area contributed by atoms with E-state index in [9.17, 15) is 48.8 Å². The molecule has 24 nitrogen and oxygen atoms in total. The van der Waals surface area contributed by atoms with Gasteiger partial charge in [0.1, 0.15) is 0 Å². The molecule has 426 valence electrons. The molecule has 0 saturated heterocycles. The predicted octanol–water partition coefficient (Wildman–Crippen LogP) is 5.24. The number of aryl methyl sites for hydroxylation is 4. The van der Waals surface area contributed by atoms with Crippen LogP contribution in [-0.4, -0.2) is 93.3 Å². The maximum atomic E-state index is 14.4. The number of carbonyl (C=O) groups excluding carboxylic acids is 4. The molecule has 6 aliphatic carbocycles. The third-order valence-electron chi connectivity index (χ3n) is 16.4. The van der Waals surface area contributed by atoms with Gasteiger partial charge in [-0.3, -0.25) is 4.79 Å². The van der Waals surface area contributed by atoms with Gasteiger partial charge >= 0.3 is 18.1 Å². The molecule has 6 aliphatic rings. The number of aromatic nitrogens is 6. The van der Waals surface area contributed by atoms with Gasteiger partial charge in [-0.25, -0.2) is 58.5 Å². The van der Waals surface area contributed by atoms with E-state index in [1.165, 1.54) is 26.5 Å². The smallest absolute Gasteiger partial charge is 0.333 e. The Labute approximate surface area is 470 Å². The Morgan fingerprint density at radius 1 is 0.488 bits per heavy atom. The number of halogens is 1. The van der Waals surface area contributed by atoms with Gasteiger partial charge in [-0.2, -0.15) is 29.6 Å². The molecule has 6 aromatic rings. The molecule has 12 rings (SSSR count). The van der Waals surface area contributed by atoms with Crippen molar-refractivity contribution in [1.82, 2.24) is 49.4 Å². The summed E-state index contributed by atoms with van der Waals surface area (Å²) in [6.07, 6.45) is 15.2. The standard InChI is InChI=1S/C54H55FN14O10S3/c1-56-47-51(63-41(25-61-47)35-16-18-37-39(35)23-29-10-6-13-32(29)43(37)65-53(72)68-81(76,77)50-46(55)58-19-20-59-50)82(78,79)69-54(73)66-44-33-14-5-9-28(33)22-38-34(15-17-36(38)44)40-24-60-45(48(70)57-2)49(62-40)80(74,75)67-52(71)64-42-30-11-3-7-26(30)21-27-8-4-12-31(27)42/h19-25,34-35H,3-18H2,1-2H3,(H,56,61)(H,57,70)(H2,64,67,71)(H2,65,68,72)(H2,66,69,73). The maximum absolute atomic E-state index is 14.4. The maximum Gasteiger partial charge on any atom is 0.333 e. The van der Waals surface area contributed by atoms with Crippen LogP contribution in [0.4, 0.5) is 41.7 Å². The van der Waals surface area contributed by atoms with Gasteiger partial charge in [-0.05, 0) is 169 Å². The summed E-state index contributed by atoms with van der Waals surface area (Å²) in [6, 6.07) is 2.92. The molecule has 0 saturated carbocycles. The Bertz CT molecular complexity index is 4100. The van der Waals surface area contributed by atoms with Crippen molar-refractivity contribution in [3.05, 3.63) is 133 Å². The van der Waals surface area contributed by atoms with Crippen molar-refractivity contribution in [2.75, 3.05) is 35.4 Å². The van der Waals surface area contributed by atoms with Gasteiger partial charge in [0.15, 0.2) is 11.5 Å². The minimum absolute atomic E-state index is 0.149. The largest absolute Gasteiger partial charge is 0.371 e. The van der Waals surface area contributed by atoms with E-state index in [0.29, 0.717) is 90.7 Å². The minimum Gasteiger partial charge on any atom is -0.371 e. The van der Waals surface area contributed by atoms with Crippen molar-refractivity contribution in [2.45, 2.75) is 130 Å². The van der Waals surface area contributed by atoms with Crippen molar-refractivity contribution in [3.63, 3.8) is 0 Å². The molecule has 3 aromatic carbocycles. The normalized spacial score (nSPS) is 17.4. The Hall–Kier alpha value is -8.24. The van der Waals surface area contributed by atoms with E-state index < -0.39 is 92.6 Å². The number of nitrogens with zero attached hydrogens (tertiary/aromatic N) is 6. The van der Waals surface area contributed by atoms with Gasteiger partial charge < -0.3 is 26.6 Å². The lowest BCUT2D eigenvalue weighted by molar-refractivity contribution is 0.0953. The number of hydrogen-bond acceptors (Lipinski definition) is 17. The molecule has 0 radical (unpaired) electrons. The molecule has 82 heavy (non-hydrogen) atoms. The highest BCUT2D eigenvalue weighted by atomic mass is 32.2. The summed E-state index contributed by atoms with van der Waals surface area (Å²) < 4.78 is 103. The van der Waals surface area contributed by atoms with E-state index in [1.54, 1.807) is 0 Å². The van der Waals surface area contributed by atoms with Crippen molar-refractivity contribution in [2.24, 2.45) is 0 Å². The van der Waals surface area contributed by atoms with Crippen LogP contribution in [-0.2, 0) is 94.3 Å². The Balaban J connectivity index is 0.793. The van der Waals surface area contributed by atoms with Gasteiger partial charge in [0.25, 0.3) is 41.9 Å². The number of carbonyl (C=O) groups is 4. The molecule has 8 N–H and O–H groups in total. The molecule has 0 fully saturated rings. The van der Waals surface area contributed by atoms with Gasteiger partial charge in [0.2, 0.25) is 15.1 Å². The molecule has 3 heterocycles. The van der Waals surface area contributed by atoms with Crippen molar-refractivity contribution < 1.29 is 48.8 Å². The van der Waals surface area contributed by atoms with Crippen LogP contribution in [0.1, 0.15) is 139 Å². The number of urea groups is 3. The van der Waals surface area contributed by atoms with Gasteiger partial charge in [0, 0.05) is 55.4 Å². The molecule has 3 aromatic heterocycles. The zero-order valence-electron chi connectivity index (χ0n) is 44.4. The third kappa shape index (κ3) is 9.77. The van der Waals surface area contributed by atoms with Crippen LogP contribution < -0.4 is 40.8 Å². The summed E-state index contributed by atoms with van der Waals surface area (Å²) in [4.78, 5) is 79.0. The van der Waals surface area contributed by atoms with Crippen LogP contribution in [0.25, 0.3) is 0 Å². The summed E-state index contributed by atoms with van der Waals surface area (Å²) in [6.45, 7) is 0. The molecule has 2 atom stereocenters. The van der Waals surface area contributed by atoms with E-state index in [0.717, 1.165) is 108 Å². The number of sulfonamides is 3. The SMILES string of the molecule is CNC(=O)c1ncc(C2CCc3c2cc2c(c3NC(=O)NS(=O)(=O)c3nc(C4CCc5c4cc4c(c5NC(=O)NS(=O)(=O)c5nccnc5F)CCC4)cnc3NC)CCC2)nc1S(=O)(=O)NC(=O)Nc1c2c(cc3c1CCC3)CCC2. The number of anilines is 4. The lowest BCUT2D eigenvalue weighted by Gasteiger charge is -2.20. The van der Waals surface area contributed by atoms with Gasteiger partial charge in [0.05, 0.1) is 23.8 Å². The summed E-state index contributed by atoms with van der Waals surface area (Å²) in [5, 5.41) is 11.1. The molecule has 0 aliphatic heterocycles. The molecule has 7 amide bonds. The fourth-order valence-corrected chi connectivity index (χ4v) is 15.8. The first-order valence-corrected chi connectivity index (χ1v) is 31.4. The van der Waals surface area contributed by atoms with Gasteiger partial charge in [-0.1, -0.05) is 18.2 Å². The molecule has 0 bridgehead atoms. The van der Waals surface area contributed by atoms with E-state index in [4.69, 9.17) is 0 Å². The van der Waals surface area contributed by atoms with Crippen LogP contribution in [0.5, 0.6) is 0 Å². The molecular weight excluding hydrogens is 1120 g/mol. The summed E-state index contributed by atoms with van der Waals surface area (Å²) >= 11 is 0. The highest BCUT2D eigenvalue weighted by molar-refractivity contribution is 7.90. The Morgan fingerprint density at radius 3 is 1.37 bits per heavy atom. The zero-order valence-corrected chi connectivity index (χ0v) is 46.8. The first-order chi connectivity index (χ1) is 39.3. The van der Waals surface area contributed by atoms with Crippen molar-refractivity contribution >= 4 is 77.0 Å². The Morgan fingerprint density at radius 2 is 0.902 bits per heavy atom. The third-order valence-corrected chi connectivity index (χ3v) is 20.1. The topological polar surface area (TPSA) is 344 Å². The first-order valence-electron chi connectivity index (χ1n) is 27.0. The second kappa shape index (κ2) is 20.9. The van der Waals surface area contributed by atoms with Crippen LogP contribution in [0.2, 0.25) is 0 Å². The summed E-state index contributed by atoms with van der Waals surface area (Å²) in [5.74, 6) is -3.50. The van der Waals surface area contributed by atoms with E-state index in [-0.39, 0.29) is 17.2 Å². The lowest BCUT2D eigenvalue weighted by Crippen LogP contribution is -2.37. The molecule has 2 unspecified atom stereocenters. The second-order valence-corrected chi connectivity index (χ2v) is 25.9. The van der Waals surface area contributed by atoms with Crippen LogP contribution in [0.15, 0.2) is 58.1 Å². The number of fused-ring (bicyclic) bond motifs is 6. The predicted molar refractivity (Wildman–Crippen MR) is 295 cm³/mol. The Kier molecular flexibility index (Phi) is 13.9. The van der Waals surface area contributed by atoms with Crippen LogP contribution >= 0.6 is 0 Å². The van der Waals surface area contributed by atoms with Crippen molar-refractivity contribution in [1.29, 1.82) is 0 Å². The monoisotopic (exact) mass is 1170 g/mol. The minimum atomic E-state index is -4.82. The van der Waals surface area contributed by atoms with Crippen molar-refractivity contribution in [3.8, 4) is 0 Å². The zero-order chi connectivity index (χ0) is 57.4. The number of amides is 7. The van der Waals surface area contributed by atoms with E-state index in [1.807, 2.05) is 16.9 Å². The second-order valence-electron chi connectivity index (χ2n) is 21.1.